The maximum absolute atomic E-state index is 13.7. The van der Waals surface area contributed by atoms with Gasteiger partial charge in [0.05, 0.1) is 17.2 Å². The van der Waals surface area contributed by atoms with E-state index in [-0.39, 0.29) is 24.9 Å². The Bertz CT molecular complexity index is 1550. The van der Waals surface area contributed by atoms with E-state index in [1.165, 1.54) is 17.0 Å². The summed E-state index contributed by atoms with van der Waals surface area (Å²) in [5.41, 5.74) is 2.71. The Hall–Kier alpha value is -4.78. The summed E-state index contributed by atoms with van der Waals surface area (Å²) in [6.45, 7) is 4.35. The van der Waals surface area contributed by atoms with E-state index in [0.29, 0.717) is 36.3 Å². The summed E-state index contributed by atoms with van der Waals surface area (Å²) in [5, 5.41) is 12.8. The van der Waals surface area contributed by atoms with Crippen molar-refractivity contribution in [2.75, 3.05) is 25.0 Å². The molecular formula is C32H32F3N5O2. The fraction of sp³-hybridized carbons (Fsp3) is 0.281. The van der Waals surface area contributed by atoms with Gasteiger partial charge in [0.25, 0.3) is 0 Å². The van der Waals surface area contributed by atoms with Crippen LogP contribution >= 0.6 is 0 Å². The van der Waals surface area contributed by atoms with Gasteiger partial charge in [0.1, 0.15) is 6.54 Å². The van der Waals surface area contributed by atoms with Crippen molar-refractivity contribution in [2.45, 2.75) is 33.0 Å². The fourth-order valence-corrected chi connectivity index (χ4v) is 4.66. The molecule has 0 spiro atoms. The number of alkyl halides is 3. The average Bonchev–Trinajstić information content (AvgIpc) is 3.38. The quantitative estimate of drug-likeness (QED) is 0.217. The highest BCUT2D eigenvalue weighted by Crippen LogP contribution is 2.29. The van der Waals surface area contributed by atoms with Gasteiger partial charge < -0.3 is 20.1 Å². The molecule has 42 heavy (non-hydrogen) atoms. The number of benzene rings is 3. The first-order valence-corrected chi connectivity index (χ1v) is 13.6. The van der Waals surface area contributed by atoms with Crippen LogP contribution in [0.2, 0.25) is 0 Å². The Morgan fingerprint density at radius 3 is 2.31 bits per heavy atom. The fourth-order valence-electron chi connectivity index (χ4n) is 4.66. The highest BCUT2D eigenvalue weighted by molar-refractivity contribution is 5.92. The third-order valence-corrected chi connectivity index (χ3v) is 6.80. The number of nitrogens with zero attached hydrogens (tertiary/aromatic N) is 3. The van der Waals surface area contributed by atoms with Gasteiger partial charge in [-0.05, 0) is 65.9 Å². The normalized spacial score (nSPS) is 11.4. The number of para-hydroxylation sites is 1. The molecule has 3 amide bonds. The maximum atomic E-state index is 13.7. The first-order chi connectivity index (χ1) is 20.0. The van der Waals surface area contributed by atoms with Crippen LogP contribution in [0.3, 0.4) is 0 Å². The second-order valence-electron chi connectivity index (χ2n) is 10.5. The van der Waals surface area contributed by atoms with Crippen LogP contribution in [0.5, 0.6) is 0 Å². The number of carbonyl (C=O) groups excluding carboxylic acids is 2. The van der Waals surface area contributed by atoms with Gasteiger partial charge in [0.2, 0.25) is 5.91 Å². The van der Waals surface area contributed by atoms with E-state index in [1.807, 2.05) is 50.4 Å². The summed E-state index contributed by atoms with van der Waals surface area (Å²) < 4.78 is 39.3. The maximum Gasteiger partial charge on any atom is 0.416 e. The molecule has 0 saturated heterocycles. The van der Waals surface area contributed by atoms with Crippen LogP contribution < -0.4 is 5.32 Å². The van der Waals surface area contributed by atoms with Crippen LogP contribution in [-0.2, 0) is 23.9 Å². The second-order valence-corrected chi connectivity index (χ2v) is 10.5. The lowest BCUT2D eigenvalue weighted by atomic mass is 10.1. The van der Waals surface area contributed by atoms with Gasteiger partial charge in [-0.3, -0.25) is 4.79 Å². The number of amides is 3. The number of nitrogens with one attached hydrogen (secondary N) is 2. The Balaban J connectivity index is 1.53. The summed E-state index contributed by atoms with van der Waals surface area (Å²) in [6.07, 6.45) is -2.05. The van der Waals surface area contributed by atoms with Gasteiger partial charge in [0, 0.05) is 42.4 Å². The van der Waals surface area contributed by atoms with Crippen LogP contribution in [0, 0.1) is 17.2 Å². The predicted octanol–water partition coefficient (Wildman–Crippen LogP) is 6.82. The van der Waals surface area contributed by atoms with E-state index in [9.17, 15) is 22.8 Å². The largest absolute Gasteiger partial charge is 0.416 e. The van der Waals surface area contributed by atoms with Crippen molar-refractivity contribution in [1.82, 2.24) is 14.8 Å². The number of carbonyl (C=O) groups is 2. The van der Waals surface area contributed by atoms with E-state index >= 15 is 0 Å². The third-order valence-electron chi connectivity index (χ3n) is 6.80. The number of hydrogen-bond acceptors (Lipinski definition) is 3. The number of anilines is 1. The molecule has 4 aromatic rings. The van der Waals surface area contributed by atoms with Crippen LogP contribution in [0.25, 0.3) is 10.9 Å². The molecule has 0 fully saturated rings. The molecule has 0 aliphatic heterocycles. The van der Waals surface area contributed by atoms with Crippen molar-refractivity contribution < 1.29 is 22.8 Å². The number of fused-ring (bicyclic) bond motifs is 1. The monoisotopic (exact) mass is 575 g/mol. The summed E-state index contributed by atoms with van der Waals surface area (Å²) in [7, 11) is 0. The van der Waals surface area contributed by atoms with E-state index < -0.39 is 17.8 Å². The molecule has 1 aromatic heterocycles. The molecule has 7 nitrogen and oxygen atoms in total. The molecule has 0 aliphatic carbocycles. The molecule has 2 N–H and O–H groups in total. The topological polar surface area (TPSA) is 92.2 Å². The van der Waals surface area contributed by atoms with Gasteiger partial charge in [0.15, 0.2) is 0 Å². The number of halogens is 3. The third kappa shape index (κ3) is 7.91. The molecule has 0 atom stereocenters. The highest BCUT2D eigenvalue weighted by atomic mass is 19.4. The minimum absolute atomic E-state index is 0.0686. The lowest BCUT2D eigenvalue weighted by molar-refractivity contribution is -0.137. The molecule has 218 valence electrons. The van der Waals surface area contributed by atoms with Gasteiger partial charge in [-0.15, -0.1) is 0 Å². The molecule has 0 bridgehead atoms. The predicted molar refractivity (Wildman–Crippen MR) is 155 cm³/mol. The summed E-state index contributed by atoms with van der Waals surface area (Å²) in [5.74, 6) is -0.260. The lowest BCUT2D eigenvalue weighted by Gasteiger charge is -2.29. The molecule has 3 aromatic carbocycles. The molecule has 4 rings (SSSR count). The van der Waals surface area contributed by atoms with E-state index in [4.69, 9.17) is 5.26 Å². The standard InChI is InChI=1S/C32H32F3N5O2/c1-22(2)19-40(31(42)38-27-13-9-23(17-36)10-14-27)21-30(41)39(20-24-7-11-26(12-8-24)32(33,34)35)16-15-25-18-37-29-6-4-3-5-28(25)29/h3-14,18,22,37H,15-16,19-21H2,1-2H3,(H,38,42). The first-order valence-electron chi connectivity index (χ1n) is 13.6. The van der Waals surface area contributed by atoms with Crippen molar-refractivity contribution in [3.63, 3.8) is 0 Å². The van der Waals surface area contributed by atoms with Crippen molar-refractivity contribution in [3.8, 4) is 6.07 Å². The van der Waals surface area contributed by atoms with Gasteiger partial charge in [-0.1, -0.05) is 44.2 Å². The van der Waals surface area contributed by atoms with Crippen LogP contribution in [-0.4, -0.2) is 46.4 Å². The van der Waals surface area contributed by atoms with Crippen molar-refractivity contribution >= 4 is 28.5 Å². The van der Waals surface area contributed by atoms with Crippen molar-refractivity contribution in [2.24, 2.45) is 5.92 Å². The zero-order valence-corrected chi connectivity index (χ0v) is 23.4. The van der Waals surface area contributed by atoms with Crippen LogP contribution in [0.1, 0.15) is 36.1 Å². The molecule has 0 unspecified atom stereocenters. The summed E-state index contributed by atoms with van der Waals surface area (Å²) in [6, 6.07) is 20.5. The molecule has 0 radical (unpaired) electrons. The Morgan fingerprint density at radius 1 is 0.976 bits per heavy atom. The number of aromatic amines is 1. The van der Waals surface area contributed by atoms with Gasteiger partial charge in [-0.2, -0.15) is 18.4 Å². The van der Waals surface area contributed by atoms with Gasteiger partial charge >= 0.3 is 12.2 Å². The molecular weight excluding hydrogens is 543 g/mol. The minimum Gasteiger partial charge on any atom is -0.361 e. The minimum atomic E-state index is -4.46. The van der Waals surface area contributed by atoms with E-state index in [2.05, 4.69) is 10.3 Å². The van der Waals surface area contributed by atoms with Crippen LogP contribution in [0.4, 0.5) is 23.7 Å². The number of nitriles is 1. The molecule has 1 heterocycles. The average molecular weight is 576 g/mol. The Kier molecular flexibility index (Phi) is 9.53. The van der Waals surface area contributed by atoms with Gasteiger partial charge in [-0.25, -0.2) is 4.79 Å². The summed E-state index contributed by atoms with van der Waals surface area (Å²) in [4.78, 5) is 33.1. The Morgan fingerprint density at radius 2 is 1.67 bits per heavy atom. The number of H-pyrrole nitrogens is 1. The second kappa shape index (κ2) is 13.3. The van der Waals surface area contributed by atoms with Crippen molar-refractivity contribution in [3.05, 3.63) is 101 Å². The van der Waals surface area contributed by atoms with Crippen LogP contribution in [0.15, 0.2) is 79.0 Å². The molecule has 10 heteroatoms. The number of hydrogen-bond donors (Lipinski definition) is 2. The number of aromatic nitrogens is 1. The zero-order valence-electron chi connectivity index (χ0n) is 23.4. The molecule has 0 saturated carbocycles. The van der Waals surface area contributed by atoms with Crippen molar-refractivity contribution in [1.29, 1.82) is 5.26 Å². The lowest BCUT2D eigenvalue weighted by Crippen LogP contribution is -2.46. The summed E-state index contributed by atoms with van der Waals surface area (Å²) >= 11 is 0. The highest BCUT2D eigenvalue weighted by Gasteiger charge is 2.30. The Labute approximate surface area is 242 Å². The zero-order chi connectivity index (χ0) is 30.3. The number of rotatable bonds is 10. The SMILES string of the molecule is CC(C)CN(CC(=O)N(CCc1c[nH]c2ccccc12)Cc1ccc(C(F)(F)F)cc1)C(=O)Nc1ccc(C#N)cc1. The van der Waals surface area contributed by atoms with E-state index in [0.717, 1.165) is 28.6 Å². The number of urea groups is 1. The first kappa shape index (κ1) is 30.2. The molecule has 0 aliphatic rings. The van der Waals surface area contributed by atoms with E-state index in [1.54, 1.807) is 29.2 Å². The smallest absolute Gasteiger partial charge is 0.361 e.